The first kappa shape index (κ1) is 15.2. The molecule has 5 rings (SSSR count). The van der Waals surface area contributed by atoms with Crippen LogP contribution in [-0.4, -0.2) is 19.0 Å². The third-order valence-corrected chi connectivity index (χ3v) is 4.36. The first-order valence-corrected chi connectivity index (χ1v) is 8.41. The van der Waals surface area contributed by atoms with Gasteiger partial charge in [-0.2, -0.15) is 0 Å². The van der Waals surface area contributed by atoms with Gasteiger partial charge in [0.05, 0.1) is 24.6 Å². The Kier molecular flexibility index (Phi) is 4.24. The maximum absolute atomic E-state index is 5.71. The first-order valence-electron chi connectivity index (χ1n) is 8.41. The van der Waals surface area contributed by atoms with Gasteiger partial charge in [-0.15, -0.1) is 0 Å². The van der Waals surface area contributed by atoms with E-state index in [9.17, 15) is 0 Å². The van der Waals surface area contributed by atoms with Gasteiger partial charge in [0.1, 0.15) is 0 Å². The molecule has 24 heavy (non-hydrogen) atoms. The van der Waals surface area contributed by atoms with Crippen molar-refractivity contribution in [3.63, 3.8) is 0 Å². The fraction of sp³-hybridized carbons (Fsp3) is 0.300. The van der Waals surface area contributed by atoms with Crippen molar-refractivity contribution in [3.8, 4) is 11.5 Å². The average Bonchev–Trinajstić information content (AvgIpc) is 3.09. The maximum Gasteiger partial charge on any atom is 0.172 e. The second kappa shape index (κ2) is 6.67. The molecular weight excluding hydrogens is 302 g/mol. The van der Waals surface area contributed by atoms with Crippen LogP contribution < -0.4 is 10.1 Å². The van der Waals surface area contributed by atoms with Crippen LogP contribution in [0.5, 0.6) is 11.5 Å². The molecule has 4 nitrogen and oxygen atoms in total. The summed E-state index contributed by atoms with van der Waals surface area (Å²) in [7, 11) is 0. The molecule has 2 aromatic rings. The average molecular weight is 323 g/mol. The number of anilines is 2. The Balaban J connectivity index is 0.000000129. The quantitative estimate of drug-likeness (QED) is 0.591. The van der Waals surface area contributed by atoms with E-state index in [2.05, 4.69) is 17.5 Å². The van der Waals surface area contributed by atoms with Crippen molar-refractivity contribution >= 4 is 11.4 Å². The van der Waals surface area contributed by atoms with Gasteiger partial charge in [-0.3, -0.25) is 0 Å². The van der Waals surface area contributed by atoms with Gasteiger partial charge in [0.15, 0.2) is 17.3 Å². The number of hydrogen-bond donors (Lipinski definition) is 1. The predicted molar refractivity (Wildman–Crippen MR) is 93.9 cm³/mol. The Morgan fingerprint density at radius 2 is 1.42 bits per heavy atom. The normalized spacial score (nSPS) is 19.3. The molecule has 0 unspecified atom stereocenters. The van der Waals surface area contributed by atoms with Crippen molar-refractivity contribution in [2.45, 2.75) is 25.0 Å². The van der Waals surface area contributed by atoms with E-state index in [4.69, 9.17) is 14.2 Å². The molecule has 1 spiro atoms. The number of ether oxygens (including phenoxy) is 3. The minimum atomic E-state index is -0.214. The van der Waals surface area contributed by atoms with Crippen molar-refractivity contribution in [2.75, 3.05) is 18.5 Å². The molecule has 0 radical (unpaired) electrons. The number of benzene rings is 2. The molecule has 4 heteroatoms. The molecular formula is C20H21NO3. The van der Waals surface area contributed by atoms with Crippen LogP contribution in [0.3, 0.4) is 0 Å². The summed E-state index contributed by atoms with van der Waals surface area (Å²) in [6.45, 7) is 1.54. The van der Waals surface area contributed by atoms with Crippen molar-refractivity contribution in [1.82, 2.24) is 0 Å². The molecule has 2 heterocycles. The van der Waals surface area contributed by atoms with E-state index in [0.717, 1.165) is 55.4 Å². The highest BCUT2D eigenvalue weighted by atomic mass is 16.7. The Bertz CT molecular complexity index is 648. The molecule has 0 atom stereocenters. The Morgan fingerprint density at radius 1 is 0.792 bits per heavy atom. The van der Waals surface area contributed by atoms with Crippen molar-refractivity contribution in [2.24, 2.45) is 0 Å². The molecule has 2 aliphatic heterocycles. The summed E-state index contributed by atoms with van der Waals surface area (Å²) in [6, 6.07) is 15.8. The van der Waals surface area contributed by atoms with Crippen LogP contribution in [-0.2, 0) is 9.47 Å². The summed E-state index contributed by atoms with van der Waals surface area (Å²) in [4.78, 5) is 0. The van der Waals surface area contributed by atoms with Crippen molar-refractivity contribution < 1.29 is 14.2 Å². The number of para-hydroxylation sites is 4. The maximum atomic E-state index is 5.71. The van der Waals surface area contributed by atoms with Crippen LogP contribution in [0.2, 0.25) is 0 Å². The highest BCUT2D eigenvalue weighted by Crippen LogP contribution is 2.41. The van der Waals surface area contributed by atoms with Crippen LogP contribution in [0.1, 0.15) is 19.3 Å². The number of allylic oxidation sites excluding steroid dienone is 1. The van der Waals surface area contributed by atoms with E-state index in [1.165, 1.54) is 0 Å². The van der Waals surface area contributed by atoms with Crippen LogP contribution in [0, 0.1) is 0 Å². The van der Waals surface area contributed by atoms with Gasteiger partial charge >= 0.3 is 0 Å². The highest BCUT2D eigenvalue weighted by Gasteiger charge is 2.35. The lowest BCUT2D eigenvalue weighted by atomic mass is 10.0. The van der Waals surface area contributed by atoms with Gasteiger partial charge in [0.2, 0.25) is 0 Å². The zero-order valence-electron chi connectivity index (χ0n) is 13.5. The van der Waals surface area contributed by atoms with Crippen LogP contribution >= 0.6 is 0 Å². The van der Waals surface area contributed by atoms with Crippen LogP contribution in [0.15, 0.2) is 60.7 Å². The molecule has 1 aliphatic carbocycles. The summed E-state index contributed by atoms with van der Waals surface area (Å²) >= 11 is 0. The number of fused-ring (bicyclic) bond motifs is 2. The van der Waals surface area contributed by atoms with E-state index in [-0.39, 0.29) is 5.79 Å². The minimum Gasteiger partial charge on any atom is -0.453 e. The molecule has 0 saturated carbocycles. The van der Waals surface area contributed by atoms with Crippen molar-refractivity contribution in [1.29, 1.82) is 0 Å². The van der Waals surface area contributed by atoms with Gasteiger partial charge in [-0.1, -0.05) is 36.4 Å². The SMILES string of the molecule is C1=CCC2(CC1)OCCO2.c1ccc2c(c1)Nc1ccccc1O2. The molecule has 2 aromatic carbocycles. The molecule has 124 valence electrons. The number of nitrogens with one attached hydrogen (secondary N) is 1. The zero-order valence-corrected chi connectivity index (χ0v) is 13.5. The van der Waals surface area contributed by atoms with Crippen LogP contribution in [0.4, 0.5) is 11.4 Å². The molecule has 1 N–H and O–H groups in total. The molecule has 0 amide bonds. The van der Waals surface area contributed by atoms with Gasteiger partial charge in [0.25, 0.3) is 0 Å². The van der Waals surface area contributed by atoms with E-state index in [1.807, 2.05) is 48.5 Å². The zero-order chi connectivity index (χ0) is 16.2. The van der Waals surface area contributed by atoms with Crippen molar-refractivity contribution in [3.05, 3.63) is 60.7 Å². The Morgan fingerprint density at radius 3 is 2.00 bits per heavy atom. The lowest BCUT2D eigenvalue weighted by molar-refractivity contribution is -0.160. The molecule has 1 fully saturated rings. The van der Waals surface area contributed by atoms with Gasteiger partial charge < -0.3 is 19.5 Å². The molecule has 0 bridgehead atoms. The third-order valence-electron chi connectivity index (χ3n) is 4.36. The Hall–Kier alpha value is -2.30. The summed E-state index contributed by atoms with van der Waals surface area (Å²) in [6.07, 6.45) is 7.40. The summed E-state index contributed by atoms with van der Waals surface area (Å²) in [5, 5.41) is 3.32. The van der Waals surface area contributed by atoms with Crippen LogP contribution in [0.25, 0.3) is 0 Å². The highest BCUT2D eigenvalue weighted by molar-refractivity contribution is 5.75. The fourth-order valence-electron chi connectivity index (χ4n) is 3.13. The monoisotopic (exact) mass is 323 g/mol. The topological polar surface area (TPSA) is 39.7 Å². The summed E-state index contributed by atoms with van der Waals surface area (Å²) in [5.74, 6) is 1.55. The summed E-state index contributed by atoms with van der Waals surface area (Å²) in [5.41, 5.74) is 2.04. The summed E-state index contributed by atoms with van der Waals surface area (Å²) < 4.78 is 16.7. The lowest BCUT2D eigenvalue weighted by Crippen LogP contribution is -2.30. The molecule has 0 aromatic heterocycles. The van der Waals surface area contributed by atoms with E-state index < -0.39 is 0 Å². The number of rotatable bonds is 0. The Labute approximate surface area is 142 Å². The lowest BCUT2D eigenvalue weighted by Gasteiger charge is -2.27. The second-order valence-corrected chi connectivity index (χ2v) is 6.04. The molecule has 3 aliphatic rings. The third kappa shape index (κ3) is 3.16. The minimum absolute atomic E-state index is 0.214. The van der Waals surface area contributed by atoms with Gasteiger partial charge in [-0.25, -0.2) is 0 Å². The smallest absolute Gasteiger partial charge is 0.172 e. The largest absolute Gasteiger partial charge is 0.453 e. The fourth-order valence-corrected chi connectivity index (χ4v) is 3.13. The van der Waals surface area contributed by atoms with Gasteiger partial charge in [0, 0.05) is 12.8 Å². The van der Waals surface area contributed by atoms with Gasteiger partial charge in [-0.05, 0) is 30.7 Å². The standard InChI is InChI=1S/C12H9NO.C8H12O2/c1-3-7-11-9(5-1)13-10-6-2-4-8-12(10)14-11;1-2-4-8(5-3-1)9-6-7-10-8/h1-8,13H;1-2H,3-7H2. The van der Waals surface area contributed by atoms with E-state index >= 15 is 0 Å². The predicted octanol–water partition coefficient (Wildman–Crippen LogP) is 5.01. The van der Waals surface area contributed by atoms with E-state index in [1.54, 1.807) is 0 Å². The molecule has 1 saturated heterocycles. The van der Waals surface area contributed by atoms with E-state index in [0.29, 0.717) is 0 Å². The second-order valence-electron chi connectivity index (χ2n) is 6.04. The number of hydrogen-bond acceptors (Lipinski definition) is 4. The first-order chi connectivity index (χ1) is 11.8.